The van der Waals surface area contributed by atoms with Crippen LogP contribution < -0.4 is 17.0 Å². The second kappa shape index (κ2) is 4.30. The average molecular weight is 236 g/mol. The van der Waals surface area contributed by atoms with E-state index < -0.39 is 5.91 Å². The van der Waals surface area contributed by atoms with Crippen molar-refractivity contribution in [3.8, 4) is 0 Å². The number of amides is 1. The fourth-order valence-corrected chi connectivity index (χ4v) is 1.53. The molecule has 7 heteroatoms. The van der Waals surface area contributed by atoms with Crippen LogP contribution in [0.2, 0.25) is 0 Å². The van der Waals surface area contributed by atoms with E-state index in [1.54, 1.807) is 19.4 Å². The van der Waals surface area contributed by atoms with E-state index in [2.05, 4.69) is 0 Å². The van der Waals surface area contributed by atoms with Gasteiger partial charge in [0.05, 0.1) is 18.4 Å². The minimum atomic E-state index is -0.447. The van der Waals surface area contributed by atoms with E-state index in [0.717, 1.165) is 0 Å². The molecule has 2 aromatic heterocycles. The summed E-state index contributed by atoms with van der Waals surface area (Å²) < 4.78 is 8.04. The predicted octanol–water partition coefficient (Wildman–Crippen LogP) is -0.568. The zero-order valence-corrected chi connectivity index (χ0v) is 9.21. The van der Waals surface area contributed by atoms with Gasteiger partial charge in [-0.2, -0.15) is 0 Å². The van der Waals surface area contributed by atoms with Crippen LogP contribution in [0.25, 0.3) is 0 Å². The maximum Gasteiger partial charge on any atom is 0.328 e. The number of hydrogen-bond donors (Lipinski definition) is 2. The molecule has 2 heterocycles. The van der Waals surface area contributed by atoms with Crippen molar-refractivity contribution in [1.29, 1.82) is 0 Å². The van der Waals surface area contributed by atoms with Gasteiger partial charge in [-0.1, -0.05) is 0 Å². The van der Waals surface area contributed by atoms with Gasteiger partial charge >= 0.3 is 5.69 Å². The van der Waals surface area contributed by atoms with Gasteiger partial charge in [0.1, 0.15) is 5.76 Å². The summed E-state index contributed by atoms with van der Waals surface area (Å²) in [6.45, 7) is 0.190. The molecule has 0 spiro atoms. The Morgan fingerprint density at radius 1 is 1.53 bits per heavy atom. The highest BCUT2D eigenvalue weighted by atomic mass is 16.3. The molecule has 0 bridgehead atoms. The van der Waals surface area contributed by atoms with E-state index in [4.69, 9.17) is 10.3 Å². The summed E-state index contributed by atoms with van der Waals surface area (Å²) >= 11 is 0. The van der Waals surface area contributed by atoms with Gasteiger partial charge in [-0.15, -0.1) is 0 Å². The van der Waals surface area contributed by atoms with Gasteiger partial charge in [0, 0.05) is 19.4 Å². The van der Waals surface area contributed by atoms with Crippen LogP contribution in [-0.2, 0) is 13.6 Å². The van der Waals surface area contributed by atoms with Gasteiger partial charge in [0.15, 0.2) is 0 Å². The topological polar surface area (TPSA) is 95.2 Å². The summed E-state index contributed by atoms with van der Waals surface area (Å²) in [6, 6.07) is 1.51. The number of hydrogen-bond acceptors (Lipinski definition) is 4. The zero-order valence-electron chi connectivity index (χ0n) is 9.21. The van der Waals surface area contributed by atoms with Crippen molar-refractivity contribution in [3.05, 3.63) is 46.5 Å². The number of nitrogens with one attached hydrogen (secondary N) is 1. The van der Waals surface area contributed by atoms with E-state index in [1.165, 1.54) is 21.5 Å². The number of carbonyl (C=O) groups is 1. The lowest BCUT2D eigenvalue weighted by molar-refractivity contribution is 0.0951. The third-order valence-electron chi connectivity index (χ3n) is 2.45. The second-order valence-corrected chi connectivity index (χ2v) is 3.55. The quantitative estimate of drug-likeness (QED) is 0.424. The number of aromatic nitrogens is 2. The molecule has 7 nitrogen and oxygen atoms in total. The number of rotatable bonds is 3. The van der Waals surface area contributed by atoms with Crippen LogP contribution in [0.1, 0.15) is 16.1 Å². The minimum absolute atomic E-state index is 0.180. The number of hydrazine groups is 1. The van der Waals surface area contributed by atoms with E-state index in [-0.39, 0.29) is 12.2 Å². The molecular weight excluding hydrogens is 224 g/mol. The van der Waals surface area contributed by atoms with Gasteiger partial charge in [-0.25, -0.2) is 10.6 Å². The van der Waals surface area contributed by atoms with E-state index >= 15 is 0 Å². The van der Waals surface area contributed by atoms with E-state index in [1.807, 2.05) is 5.43 Å². The molecule has 0 saturated heterocycles. The smallest absolute Gasteiger partial charge is 0.328 e. The summed E-state index contributed by atoms with van der Waals surface area (Å²) in [7, 11) is 1.65. The van der Waals surface area contributed by atoms with Crippen LogP contribution in [0.5, 0.6) is 0 Å². The zero-order chi connectivity index (χ0) is 12.4. The highest BCUT2D eigenvalue weighted by Gasteiger charge is 2.14. The van der Waals surface area contributed by atoms with Crippen molar-refractivity contribution < 1.29 is 9.21 Å². The third-order valence-corrected chi connectivity index (χ3v) is 2.45. The Morgan fingerprint density at radius 3 is 2.88 bits per heavy atom. The normalized spacial score (nSPS) is 10.5. The van der Waals surface area contributed by atoms with Crippen LogP contribution in [0, 0.1) is 0 Å². The van der Waals surface area contributed by atoms with Crippen molar-refractivity contribution in [2.24, 2.45) is 12.9 Å². The predicted molar refractivity (Wildman–Crippen MR) is 59.1 cm³/mol. The lowest BCUT2D eigenvalue weighted by Crippen LogP contribution is -2.31. The number of imidazole rings is 1. The molecule has 17 heavy (non-hydrogen) atoms. The second-order valence-electron chi connectivity index (χ2n) is 3.55. The Balaban J connectivity index is 2.31. The molecule has 0 fully saturated rings. The van der Waals surface area contributed by atoms with Crippen molar-refractivity contribution in [3.63, 3.8) is 0 Å². The number of aryl methyl sites for hydroxylation is 1. The third kappa shape index (κ3) is 2.00. The fourth-order valence-electron chi connectivity index (χ4n) is 1.53. The first-order chi connectivity index (χ1) is 8.13. The lowest BCUT2D eigenvalue weighted by Gasteiger charge is -2.01. The van der Waals surface area contributed by atoms with Gasteiger partial charge in [0.25, 0.3) is 5.91 Å². The molecule has 0 radical (unpaired) electrons. The first kappa shape index (κ1) is 11.2. The summed E-state index contributed by atoms with van der Waals surface area (Å²) in [5, 5.41) is 0. The Morgan fingerprint density at radius 2 is 2.29 bits per heavy atom. The Hall–Kier alpha value is -2.28. The highest BCUT2D eigenvalue weighted by Crippen LogP contribution is 2.11. The standard InChI is InChI=1S/C10H12N4O3/c1-13-3-4-14(10(13)16)6-8-7(2-5-17-8)9(15)12-11/h2-5H,6,11H2,1H3,(H,12,15). The van der Waals surface area contributed by atoms with Crippen LogP contribution in [0.15, 0.2) is 33.9 Å². The van der Waals surface area contributed by atoms with Gasteiger partial charge in [0.2, 0.25) is 0 Å². The number of nitrogens with zero attached hydrogens (tertiary/aromatic N) is 2. The Kier molecular flexibility index (Phi) is 2.84. The molecule has 0 aliphatic rings. The van der Waals surface area contributed by atoms with Crippen LogP contribution >= 0.6 is 0 Å². The molecule has 0 aromatic carbocycles. The maximum atomic E-state index is 11.6. The summed E-state index contributed by atoms with van der Waals surface area (Å²) in [6.07, 6.45) is 4.64. The molecule has 1 amide bonds. The fraction of sp³-hybridized carbons (Fsp3) is 0.200. The minimum Gasteiger partial charge on any atom is -0.467 e. The highest BCUT2D eigenvalue weighted by molar-refractivity contribution is 5.94. The van der Waals surface area contributed by atoms with Crippen molar-refractivity contribution in [2.45, 2.75) is 6.54 Å². The number of nitrogens with two attached hydrogens (primary N) is 1. The van der Waals surface area contributed by atoms with Crippen LogP contribution in [-0.4, -0.2) is 15.0 Å². The lowest BCUT2D eigenvalue weighted by atomic mass is 10.2. The summed E-state index contributed by atoms with van der Waals surface area (Å²) in [4.78, 5) is 23.0. The number of carbonyl (C=O) groups excluding carboxylic acids is 1. The van der Waals surface area contributed by atoms with Crippen molar-refractivity contribution >= 4 is 5.91 Å². The summed E-state index contributed by atoms with van der Waals surface area (Å²) in [5.41, 5.74) is 2.16. The molecule has 0 saturated carbocycles. The van der Waals surface area contributed by atoms with Gasteiger partial charge < -0.3 is 8.98 Å². The monoisotopic (exact) mass is 236 g/mol. The molecule has 3 N–H and O–H groups in total. The molecule has 90 valence electrons. The van der Waals surface area contributed by atoms with E-state index in [9.17, 15) is 9.59 Å². The molecular formula is C10H12N4O3. The van der Waals surface area contributed by atoms with Gasteiger partial charge in [-0.05, 0) is 6.07 Å². The Bertz CT molecular complexity index is 593. The molecule has 0 unspecified atom stereocenters. The summed E-state index contributed by atoms with van der Waals surface area (Å²) in [5.74, 6) is 4.99. The largest absolute Gasteiger partial charge is 0.467 e. The molecule has 0 atom stereocenters. The molecule has 2 aromatic rings. The molecule has 0 aliphatic heterocycles. The Labute approximate surface area is 96.4 Å². The van der Waals surface area contributed by atoms with Crippen molar-refractivity contribution in [2.75, 3.05) is 0 Å². The first-order valence-electron chi connectivity index (χ1n) is 4.92. The number of furan rings is 1. The molecule has 2 rings (SSSR count). The average Bonchev–Trinajstić information content (AvgIpc) is 2.90. The van der Waals surface area contributed by atoms with Crippen LogP contribution in [0.3, 0.4) is 0 Å². The molecule has 0 aliphatic carbocycles. The van der Waals surface area contributed by atoms with E-state index in [0.29, 0.717) is 11.3 Å². The number of nitrogen functional groups attached to an aromatic ring is 1. The SMILES string of the molecule is Cn1ccn(Cc2occc2C(=O)NN)c1=O. The maximum absolute atomic E-state index is 11.6. The van der Waals surface area contributed by atoms with Crippen LogP contribution in [0.4, 0.5) is 0 Å². The van der Waals surface area contributed by atoms with Gasteiger partial charge in [-0.3, -0.25) is 14.8 Å². The first-order valence-corrected chi connectivity index (χ1v) is 4.92. The van der Waals surface area contributed by atoms with Crippen molar-refractivity contribution in [1.82, 2.24) is 14.6 Å².